The van der Waals surface area contributed by atoms with E-state index >= 15 is 0 Å². The van der Waals surface area contributed by atoms with Crippen molar-refractivity contribution in [1.82, 2.24) is 15.2 Å². The molecule has 1 aliphatic heterocycles. The Morgan fingerprint density at radius 3 is 3.00 bits per heavy atom. The number of hydrogen-bond acceptors (Lipinski definition) is 4. The van der Waals surface area contributed by atoms with Crippen LogP contribution in [0, 0.1) is 0 Å². The van der Waals surface area contributed by atoms with Gasteiger partial charge in [-0.3, -0.25) is 4.90 Å². The first kappa shape index (κ1) is 14.8. The van der Waals surface area contributed by atoms with Crippen molar-refractivity contribution in [3.8, 4) is 0 Å². The number of nitrogens with zero attached hydrogens (tertiary/aromatic N) is 3. The summed E-state index contributed by atoms with van der Waals surface area (Å²) in [7, 11) is 2.19. The number of likely N-dealkylation sites (tertiary alicyclic amines) is 1. The van der Waals surface area contributed by atoms with Crippen molar-refractivity contribution >= 4 is 5.82 Å². The standard InChI is InChI=1S/C17H28N4/c1-3-21-11-5-7-16(21)13-20(2)17-14(6-4-10-18-17)12-19-15-8-9-15/h4,6,10,15-16,19H,3,5,7-9,11-13H2,1-2H3. The highest BCUT2D eigenvalue weighted by atomic mass is 15.2. The van der Waals surface area contributed by atoms with Gasteiger partial charge < -0.3 is 10.2 Å². The lowest BCUT2D eigenvalue weighted by atomic mass is 10.2. The van der Waals surface area contributed by atoms with Gasteiger partial charge in [0, 0.05) is 44.0 Å². The van der Waals surface area contributed by atoms with E-state index in [4.69, 9.17) is 0 Å². The molecule has 2 heterocycles. The fourth-order valence-corrected chi connectivity index (χ4v) is 3.37. The monoisotopic (exact) mass is 288 g/mol. The van der Waals surface area contributed by atoms with Crippen molar-refractivity contribution in [3.63, 3.8) is 0 Å². The molecule has 0 amide bonds. The SMILES string of the molecule is CCN1CCCC1CN(C)c1ncccc1CNC1CC1. The van der Waals surface area contributed by atoms with E-state index in [2.05, 4.69) is 46.2 Å². The molecule has 1 N–H and O–H groups in total. The number of likely N-dealkylation sites (N-methyl/N-ethyl adjacent to an activating group) is 2. The van der Waals surface area contributed by atoms with E-state index < -0.39 is 0 Å². The Balaban J connectivity index is 1.63. The average Bonchev–Trinajstić information content (AvgIpc) is 3.24. The summed E-state index contributed by atoms with van der Waals surface area (Å²) in [6.45, 7) is 6.72. The maximum atomic E-state index is 4.64. The van der Waals surface area contributed by atoms with Crippen LogP contribution in [0.2, 0.25) is 0 Å². The van der Waals surface area contributed by atoms with Crippen LogP contribution in [0.3, 0.4) is 0 Å². The van der Waals surface area contributed by atoms with Gasteiger partial charge in [0.15, 0.2) is 0 Å². The van der Waals surface area contributed by atoms with E-state index in [0.717, 1.165) is 31.5 Å². The van der Waals surface area contributed by atoms with Gasteiger partial charge in [-0.15, -0.1) is 0 Å². The van der Waals surface area contributed by atoms with Crippen molar-refractivity contribution in [2.75, 3.05) is 31.6 Å². The van der Waals surface area contributed by atoms with E-state index in [-0.39, 0.29) is 0 Å². The summed E-state index contributed by atoms with van der Waals surface area (Å²) in [5.41, 5.74) is 1.33. The van der Waals surface area contributed by atoms with Crippen LogP contribution in [0.5, 0.6) is 0 Å². The Morgan fingerprint density at radius 1 is 1.38 bits per heavy atom. The fourth-order valence-electron chi connectivity index (χ4n) is 3.37. The highest BCUT2D eigenvalue weighted by Crippen LogP contribution is 2.23. The van der Waals surface area contributed by atoms with Gasteiger partial charge in [-0.2, -0.15) is 0 Å². The summed E-state index contributed by atoms with van der Waals surface area (Å²) in [5, 5.41) is 3.60. The second-order valence-electron chi connectivity index (χ2n) is 6.45. The summed E-state index contributed by atoms with van der Waals surface area (Å²) in [6, 6.07) is 5.69. The fraction of sp³-hybridized carbons (Fsp3) is 0.706. The third-order valence-corrected chi connectivity index (χ3v) is 4.78. The summed E-state index contributed by atoms with van der Waals surface area (Å²) in [6.07, 6.45) is 7.24. The Hall–Kier alpha value is -1.13. The van der Waals surface area contributed by atoms with Crippen LogP contribution in [0.25, 0.3) is 0 Å². The van der Waals surface area contributed by atoms with E-state index in [1.165, 1.54) is 37.8 Å². The van der Waals surface area contributed by atoms with Gasteiger partial charge in [-0.05, 0) is 44.8 Å². The number of aromatic nitrogens is 1. The van der Waals surface area contributed by atoms with Gasteiger partial charge >= 0.3 is 0 Å². The molecule has 0 radical (unpaired) electrons. The summed E-state index contributed by atoms with van der Waals surface area (Å²) in [5.74, 6) is 1.15. The third kappa shape index (κ3) is 3.74. The molecule has 2 aliphatic rings. The molecular formula is C17H28N4. The lowest BCUT2D eigenvalue weighted by molar-refractivity contribution is 0.270. The predicted molar refractivity (Wildman–Crippen MR) is 87.6 cm³/mol. The number of anilines is 1. The van der Waals surface area contributed by atoms with Crippen molar-refractivity contribution in [2.24, 2.45) is 0 Å². The Kier molecular flexibility index (Phi) is 4.76. The number of rotatable bonds is 7. The maximum absolute atomic E-state index is 4.64. The molecule has 4 nitrogen and oxygen atoms in total. The van der Waals surface area contributed by atoms with Crippen LogP contribution >= 0.6 is 0 Å². The first-order valence-electron chi connectivity index (χ1n) is 8.40. The minimum atomic E-state index is 0.686. The lowest BCUT2D eigenvalue weighted by Gasteiger charge is -2.29. The van der Waals surface area contributed by atoms with Crippen LogP contribution in [0.4, 0.5) is 5.82 Å². The topological polar surface area (TPSA) is 31.4 Å². The zero-order chi connectivity index (χ0) is 14.7. The molecule has 0 bridgehead atoms. The minimum Gasteiger partial charge on any atom is -0.358 e. The Bertz CT molecular complexity index is 458. The molecule has 0 aromatic carbocycles. The zero-order valence-electron chi connectivity index (χ0n) is 13.4. The summed E-state index contributed by atoms with van der Waals surface area (Å²) < 4.78 is 0. The summed E-state index contributed by atoms with van der Waals surface area (Å²) in [4.78, 5) is 9.59. The predicted octanol–water partition coefficient (Wildman–Crippen LogP) is 2.25. The van der Waals surface area contributed by atoms with Crippen molar-refractivity contribution in [2.45, 2.75) is 51.2 Å². The highest BCUT2D eigenvalue weighted by Gasteiger charge is 2.25. The molecule has 1 saturated heterocycles. The molecule has 21 heavy (non-hydrogen) atoms. The van der Waals surface area contributed by atoms with E-state index in [0.29, 0.717) is 6.04 Å². The molecule has 3 rings (SSSR count). The smallest absolute Gasteiger partial charge is 0.132 e. The zero-order valence-corrected chi connectivity index (χ0v) is 13.4. The molecule has 1 unspecified atom stereocenters. The van der Waals surface area contributed by atoms with Crippen molar-refractivity contribution < 1.29 is 0 Å². The normalized spacial score (nSPS) is 22.7. The van der Waals surface area contributed by atoms with Crippen LogP contribution in [-0.2, 0) is 6.54 Å². The molecule has 1 aliphatic carbocycles. The Morgan fingerprint density at radius 2 is 2.24 bits per heavy atom. The highest BCUT2D eigenvalue weighted by molar-refractivity contribution is 5.46. The molecule has 1 atom stereocenters. The van der Waals surface area contributed by atoms with Crippen LogP contribution < -0.4 is 10.2 Å². The largest absolute Gasteiger partial charge is 0.358 e. The van der Waals surface area contributed by atoms with Crippen molar-refractivity contribution in [3.05, 3.63) is 23.9 Å². The first-order valence-corrected chi connectivity index (χ1v) is 8.40. The Labute approximate surface area is 128 Å². The summed E-state index contributed by atoms with van der Waals surface area (Å²) >= 11 is 0. The van der Waals surface area contributed by atoms with Crippen molar-refractivity contribution in [1.29, 1.82) is 0 Å². The van der Waals surface area contributed by atoms with Gasteiger partial charge in [-0.1, -0.05) is 13.0 Å². The number of nitrogens with one attached hydrogen (secondary N) is 1. The third-order valence-electron chi connectivity index (χ3n) is 4.78. The number of pyridine rings is 1. The first-order chi connectivity index (χ1) is 10.3. The van der Waals surface area contributed by atoms with Gasteiger partial charge in [-0.25, -0.2) is 4.98 Å². The number of hydrogen-bond donors (Lipinski definition) is 1. The molecule has 1 aromatic rings. The van der Waals surface area contributed by atoms with Crippen LogP contribution in [0.1, 0.15) is 38.2 Å². The van der Waals surface area contributed by atoms with Crippen LogP contribution in [0.15, 0.2) is 18.3 Å². The average molecular weight is 288 g/mol. The van der Waals surface area contributed by atoms with Crippen LogP contribution in [-0.4, -0.2) is 48.6 Å². The maximum Gasteiger partial charge on any atom is 0.132 e. The second kappa shape index (κ2) is 6.75. The molecular weight excluding hydrogens is 260 g/mol. The molecule has 2 fully saturated rings. The molecule has 1 aromatic heterocycles. The van der Waals surface area contributed by atoms with Gasteiger partial charge in [0.2, 0.25) is 0 Å². The second-order valence-corrected chi connectivity index (χ2v) is 6.45. The quantitative estimate of drug-likeness (QED) is 0.834. The molecule has 116 valence electrons. The molecule has 0 spiro atoms. The van der Waals surface area contributed by atoms with Gasteiger partial charge in [0.05, 0.1) is 0 Å². The molecule has 1 saturated carbocycles. The van der Waals surface area contributed by atoms with E-state index in [1.807, 2.05) is 6.20 Å². The van der Waals surface area contributed by atoms with E-state index in [9.17, 15) is 0 Å². The van der Waals surface area contributed by atoms with Gasteiger partial charge in [0.1, 0.15) is 5.82 Å². The minimum absolute atomic E-state index is 0.686. The van der Waals surface area contributed by atoms with Gasteiger partial charge in [0.25, 0.3) is 0 Å². The lowest BCUT2D eigenvalue weighted by Crippen LogP contribution is -2.39. The van der Waals surface area contributed by atoms with E-state index in [1.54, 1.807) is 0 Å². The molecule has 4 heteroatoms.